The summed E-state index contributed by atoms with van der Waals surface area (Å²) in [6.07, 6.45) is 3.00. The van der Waals surface area contributed by atoms with Crippen LogP contribution in [0.1, 0.15) is 25.0 Å². The third kappa shape index (κ3) is 3.17. The van der Waals surface area contributed by atoms with E-state index in [1.165, 1.54) is 0 Å². The van der Waals surface area contributed by atoms with Gasteiger partial charge >= 0.3 is 0 Å². The maximum Gasteiger partial charge on any atom is 0.222 e. The fraction of sp³-hybridized carbons (Fsp3) is 0.389. The molecule has 0 saturated heterocycles. The van der Waals surface area contributed by atoms with E-state index >= 15 is 0 Å². The van der Waals surface area contributed by atoms with Gasteiger partial charge < -0.3 is 16.2 Å². The number of benzene rings is 1. The third-order valence-electron chi connectivity index (χ3n) is 4.76. The molecule has 0 spiro atoms. The molecule has 1 saturated carbocycles. The SMILES string of the molecule is Cc1nc(N)nc(N[C@H]2CC[C@@H](CO)C2)c1-c1nc2ccccc2s1. The third-order valence-corrected chi connectivity index (χ3v) is 5.81. The predicted molar refractivity (Wildman–Crippen MR) is 102 cm³/mol. The number of aliphatic hydroxyl groups excluding tert-OH is 1. The van der Waals surface area contributed by atoms with Crippen molar-refractivity contribution in [3.05, 3.63) is 30.0 Å². The van der Waals surface area contributed by atoms with Crippen LogP contribution in [0.15, 0.2) is 24.3 Å². The molecule has 4 rings (SSSR count). The predicted octanol–water partition coefficient (Wildman–Crippen LogP) is 3.22. The maximum atomic E-state index is 9.37. The molecule has 0 amide bonds. The number of nitrogen functional groups attached to an aromatic ring is 1. The summed E-state index contributed by atoms with van der Waals surface area (Å²) in [6, 6.07) is 8.38. The molecular weight excluding hydrogens is 334 g/mol. The van der Waals surface area contributed by atoms with E-state index in [0.717, 1.165) is 51.6 Å². The van der Waals surface area contributed by atoms with Crippen LogP contribution in [0.25, 0.3) is 20.8 Å². The summed E-state index contributed by atoms with van der Waals surface area (Å²) in [4.78, 5) is 13.6. The summed E-state index contributed by atoms with van der Waals surface area (Å²) in [6.45, 7) is 2.18. The monoisotopic (exact) mass is 355 g/mol. The van der Waals surface area contributed by atoms with Gasteiger partial charge in [0.2, 0.25) is 5.95 Å². The number of nitrogens with two attached hydrogens (primary N) is 1. The summed E-state index contributed by atoms with van der Waals surface area (Å²) in [5.74, 6) is 1.37. The Morgan fingerprint density at radius 2 is 2.08 bits per heavy atom. The molecule has 4 N–H and O–H groups in total. The molecule has 6 nitrogen and oxygen atoms in total. The van der Waals surface area contributed by atoms with Crippen LogP contribution in [0.2, 0.25) is 0 Å². The van der Waals surface area contributed by atoms with E-state index in [9.17, 15) is 5.11 Å². The average molecular weight is 355 g/mol. The van der Waals surface area contributed by atoms with Crippen LogP contribution in [0.4, 0.5) is 11.8 Å². The molecule has 0 aliphatic heterocycles. The number of fused-ring (bicyclic) bond motifs is 1. The summed E-state index contributed by atoms with van der Waals surface area (Å²) in [5.41, 5.74) is 8.61. The smallest absolute Gasteiger partial charge is 0.222 e. The van der Waals surface area contributed by atoms with Crippen molar-refractivity contribution in [3.63, 3.8) is 0 Å². The molecule has 0 unspecified atom stereocenters. The topological polar surface area (TPSA) is 97.0 Å². The van der Waals surface area contributed by atoms with E-state index in [4.69, 9.17) is 10.7 Å². The van der Waals surface area contributed by atoms with Crippen LogP contribution in [-0.4, -0.2) is 32.7 Å². The first-order valence-electron chi connectivity index (χ1n) is 8.51. The second-order valence-corrected chi connectivity index (χ2v) is 7.61. The number of aliphatic hydroxyl groups is 1. The highest BCUT2D eigenvalue weighted by Gasteiger charge is 2.26. The molecule has 25 heavy (non-hydrogen) atoms. The van der Waals surface area contributed by atoms with E-state index in [0.29, 0.717) is 12.0 Å². The second kappa shape index (κ2) is 6.57. The first-order valence-corrected chi connectivity index (χ1v) is 9.33. The normalized spacial score (nSPS) is 20.2. The van der Waals surface area contributed by atoms with Gasteiger partial charge in [0.25, 0.3) is 0 Å². The van der Waals surface area contributed by atoms with Crippen molar-refractivity contribution in [1.29, 1.82) is 0 Å². The van der Waals surface area contributed by atoms with Gasteiger partial charge in [-0.15, -0.1) is 11.3 Å². The number of anilines is 2. The molecule has 0 radical (unpaired) electrons. The van der Waals surface area contributed by atoms with Gasteiger partial charge in [-0.05, 0) is 44.2 Å². The molecule has 2 heterocycles. The van der Waals surface area contributed by atoms with E-state index in [1.807, 2.05) is 25.1 Å². The Morgan fingerprint density at radius 1 is 1.24 bits per heavy atom. The Bertz CT molecular complexity index is 877. The maximum absolute atomic E-state index is 9.37. The number of hydrogen-bond acceptors (Lipinski definition) is 7. The lowest BCUT2D eigenvalue weighted by Crippen LogP contribution is -2.19. The second-order valence-electron chi connectivity index (χ2n) is 6.58. The van der Waals surface area contributed by atoms with Crippen LogP contribution in [0, 0.1) is 12.8 Å². The minimum absolute atomic E-state index is 0.244. The van der Waals surface area contributed by atoms with Gasteiger partial charge in [0.05, 0.1) is 21.5 Å². The summed E-state index contributed by atoms with van der Waals surface area (Å²) >= 11 is 1.64. The van der Waals surface area contributed by atoms with E-state index < -0.39 is 0 Å². The molecule has 7 heteroatoms. The van der Waals surface area contributed by atoms with Gasteiger partial charge in [-0.3, -0.25) is 0 Å². The number of nitrogens with zero attached hydrogens (tertiary/aromatic N) is 3. The highest BCUT2D eigenvalue weighted by molar-refractivity contribution is 7.21. The number of nitrogens with one attached hydrogen (secondary N) is 1. The molecule has 2 aromatic heterocycles. The zero-order chi connectivity index (χ0) is 17.4. The summed E-state index contributed by atoms with van der Waals surface area (Å²) in [7, 11) is 0. The number of rotatable bonds is 4. The van der Waals surface area contributed by atoms with E-state index in [1.54, 1.807) is 11.3 Å². The van der Waals surface area contributed by atoms with Gasteiger partial charge in [-0.2, -0.15) is 4.98 Å². The Balaban J connectivity index is 1.73. The Labute approximate surface area is 150 Å². The molecule has 3 aromatic rings. The van der Waals surface area contributed by atoms with Crippen LogP contribution in [0.5, 0.6) is 0 Å². The number of aryl methyl sites for hydroxylation is 1. The van der Waals surface area contributed by atoms with Crippen molar-refractivity contribution in [2.24, 2.45) is 5.92 Å². The molecule has 1 fully saturated rings. The van der Waals surface area contributed by atoms with Gasteiger partial charge in [0, 0.05) is 12.6 Å². The van der Waals surface area contributed by atoms with Crippen LogP contribution in [-0.2, 0) is 0 Å². The fourth-order valence-electron chi connectivity index (χ4n) is 3.50. The van der Waals surface area contributed by atoms with Crippen molar-refractivity contribution >= 4 is 33.3 Å². The minimum Gasteiger partial charge on any atom is -0.396 e. The first-order chi connectivity index (χ1) is 12.1. The van der Waals surface area contributed by atoms with Crippen LogP contribution < -0.4 is 11.1 Å². The zero-order valence-electron chi connectivity index (χ0n) is 14.1. The van der Waals surface area contributed by atoms with Crippen molar-refractivity contribution in [2.45, 2.75) is 32.2 Å². The lowest BCUT2D eigenvalue weighted by Gasteiger charge is -2.17. The summed E-state index contributed by atoms with van der Waals surface area (Å²) < 4.78 is 1.14. The number of para-hydroxylation sites is 1. The van der Waals surface area contributed by atoms with Gasteiger partial charge in [-0.25, -0.2) is 9.97 Å². The zero-order valence-corrected chi connectivity index (χ0v) is 14.9. The molecule has 130 valence electrons. The Hall–Kier alpha value is -2.25. The average Bonchev–Trinajstić information content (AvgIpc) is 3.20. The molecule has 1 aromatic carbocycles. The Morgan fingerprint density at radius 3 is 2.84 bits per heavy atom. The molecular formula is C18H21N5OS. The van der Waals surface area contributed by atoms with E-state index in [2.05, 4.69) is 21.4 Å². The number of hydrogen-bond donors (Lipinski definition) is 3. The molecule has 1 aliphatic carbocycles. The quantitative estimate of drug-likeness (QED) is 0.665. The number of thiazole rings is 1. The van der Waals surface area contributed by atoms with Crippen LogP contribution >= 0.6 is 11.3 Å². The first kappa shape index (κ1) is 16.2. The van der Waals surface area contributed by atoms with Gasteiger partial charge in [-0.1, -0.05) is 12.1 Å². The fourth-order valence-corrected chi connectivity index (χ4v) is 4.56. The Kier molecular flexibility index (Phi) is 4.27. The van der Waals surface area contributed by atoms with Crippen molar-refractivity contribution < 1.29 is 5.11 Å². The molecule has 2 atom stereocenters. The lowest BCUT2D eigenvalue weighted by atomic mass is 10.1. The standard InChI is InChI=1S/C18H21N5OS/c1-10-15(17-22-13-4-2-3-5-14(13)25-17)16(23-18(19)20-10)21-12-7-6-11(8-12)9-24/h2-5,11-12,24H,6-9H2,1H3,(H3,19,20,21,23)/t11-,12+/m1/s1. The number of aromatic nitrogens is 3. The van der Waals surface area contributed by atoms with Crippen molar-refractivity contribution in [1.82, 2.24) is 15.0 Å². The van der Waals surface area contributed by atoms with Crippen molar-refractivity contribution in [3.8, 4) is 10.6 Å². The minimum atomic E-state index is 0.244. The highest BCUT2D eigenvalue weighted by atomic mass is 32.1. The molecule has 1 aliphatic rings. The molecule has 0 bridgehead atoms. The lowest BCUT2D eigenvalue weighted by molar-refractivity contribution is 0.229. The van der Waals surface area contributed by atoms with Gasteiger partial charge in [0.15, 0.2) is 0 Å². The summed E-state index contributed by atoms with van der Waals surface area (Å²) in [5, 5.41) is 13.8. The largest absolute Gasteiger partial charge is 0.396 e. The van der Waals surface area contributed by atoms with Crippen molar-refractivity contribution in [2.75, 3.05) is 17.7 Å². The van der Waals surface area contributed by atoms with E-state index in [-0.39, 0.29) is 12.6 Å². The van der Waals surface area contributed by atoms with Gasteiger partial charge in [0.1, 0.15) is 10.8 Å². The highest BCUT2D eigenvalue weighted by Crippen LogP contribution is 2.37. The van der Waals surface area contributed by atoms with Crippen LogP contribution in [0.3, 0.4) is 0 Å².